The Morgan fingerprint density at radius 3 is 2.84 bits per heavy atom. The molecule has 1 aromatic rings. The third-order valence-electron chi connectivity index (χ3n) is 3.43. The standard InChI is InChI=1S/C13H19N3O3/c1-9(8-12(17)18)15-13(19)11-6-7-14-16(11)10-4-2-3-5-10/h6-7,9-10H,2-5,8H2,1H3,(H,15,19)(H,17,18). The first-order valence-corrected chi connectivity index (χ1v) is 6.64. The zero-order valence-electron chi connectivity index (χ0n) is 11.0. The molecular formula is C13H19N3O3. The van der Waals surface area contributed by atoms with E-state index >= 15 is 0 Å². The minimum absolute atomic E-state index is 0.0801. The van der Waals surface area contributed by atoms with Crippen LogP contribution in [0, 0.1) is 0 Å². The molecule has 104 valence electrons. The van der Waals surface area contributed by atoms with E-state index in [1.807, 2.05) is 0 Å². The molecule has 1 saturated carbocycles. The molecule has 0 bridgehead atoms. The van der Waals surface area contributed by atoms with Crippen molar-refractivity contribution in [3.63, 3.8) is 0 Å². The molecule has 6 heteroatoms. The van der Waals surface area contributed by atoms with Gasteiger partial charge in [-0.15, -0.1) is 0 Å². The molecule has 0 radical (unpaired) electrons. The Labute approximate surface area is 111 Å². The fourth-order valence-corrected chi connectivity index (χ4v) is 2.54. The molecule has 0 aliphatic heterocycles. The minimum Gasteiger partial charge on any atom is -0.481 e. The van der Waals surface area contributed by atoms with Gasteiger partial charge in [0.05, 0.1) is 12.5 Å². The summed E-state index contributed by atoms with van der Waals surface area (Å²) in [4.78, 5) is 22.7. The number of carbonyl (C=O) groups excluding carboxylic acids is 1. The summed E-state index contributed by atoms with van der Waals surface area (Å²) < 4.78 is 1.77. The molecule has 0 aromatic carbocycles. The molecule has 1 fully saturated rings. The largest absolute Gasteiger partial charge is 0.481 e. The van der Waals surface area contributed by atoms with Gasteiger partial charge in [-0.2, -0.15) is 5.10 Å². The first-order chi connectivity index (χ1) is 9.08. The molecule has 2 rings (SSSR count). The molecule has 0 saturated heterocycles. The number of nitrogens with zero attached hydrogens (tertiary/aromatic N) is 2. The van der Waals surface area contributed by atoms with Gasteiger partial charge in [0.2, 0.25) is 0 Å². The maximum atomic E-state index is 12.1. The molecule has 1 amide bonds. The Hall–Kier alpha value is -1.85. The van der Waals surface area contributed by atoms with E-state index in [-0.39, 0.29) is 12.3 Å². The van der Waals surface area contributed by atoms with Gasteiger partial charge in [-0.1, -0.05) is 12.8 Å². The maximum Gasteiger partial charge on any atom is 0.305 e. The van der Waals surface area contributed by atoms with Gasteiger partial charge < -0.3 is 10.4 Å². The van der Waals surface area contributed by atoms with Gasteiger partial charge in [0.1, 0.15) is 5.69 Å². The second-order valence-electron chi connectivity index (χ2n) is 5.07. The number of carboxylic acids is 1. The Morgan fingerprint density at radius 1 is 1.53 bits per heavy atom. The second kappa shape index (κ2) is 5.86. The highest BCUT2D eigenvalue weighted by atomic mass is 16.4. The van der Waals surface area contributed by atoms with Crippen LogP contribution in [0.1, 0.15) is 55.6 Å². The molecule has 6 nitrogen and oxygen atoms in total. The van der Waals surface area contributed by atoms with Gasteiger partial charge in [0, 0.05) is 12.2 Å². The number of amides is 1. The normalized spacial score (nSPS) is 17.3. The number of rotatable bonds is 5. The summed E-state index contributed by atoms with van der Waals surface area (Å²) in [7, 11) is 0. The topological polar surface area (TPSA) is 84.2 Å². The van der Waals surface area contributed by atoms with E-state index in [1.54, 1.807) is 23.9 Å². The van der Waals surface area contributed by atoms with Gasteiger partial charge in [0.15, 0.2) is 0 Å². The molecule has 1 unspecified atom stereocenters. The van der Waals surface area contributed by atoms with Crippen molar-refractivity contribution >= 4 is 11.9 Å². The van der Waals surface area contributed by atoms with Crippen molar-refractivity contribution in [2.45, 2.75) is 51.1 Å². The van der Waals surface area contributed by atoms with Crippen LogP contribution in [0.15, 0.2) is 12.3 Å². The summed E-state index contributed by atoms with van der Waals surface area (Å²) in [6, 6.07) is 1.59. The average Bonchev–Trinajstić information content (AvgIpc) is 2.98. The highest BCUT2D eigenvalue weighted by molar-refractivity contribution is 5.93. The molecule has 1 atom stereocenters. The zero-order valence-corrected chi connectivity index (χ0v) is 11.0. The first-order valence-electron chi connectivity index (χ1n) is 6.64. The fraction of sp³-hybridized carbons (Fsp3) is 0.615. The van der Waals surface area contributed by atoms with Crippen LogP contribution in [-0.2, 0) is 4.79 Å². The molecule has 0 spiro atoms. The van der Waals surface area contributed by atoms with E-state index in [1.165, 1.54) is 12.8 Å². The zero-order chi connectivity index (χ0) is 13.8. The van der Waals surface area contributed by atoms with Crippen LogP contribution in [0.25, 0.3) is 0 Å². The van der Waals surface area contributed by atoms with Gasteiger partial charge in [0.25, 0.3) is 5.91 Å². The van der Waals surface area contributed by atoms with E-state index in [9.17, 15) is 9.59 Å². The average molecular weight is 265 g/mol. The fourth-order valence-electron chi connectivity index (χ4n) is 2.54. The monoisotopic (exact) mass is 265 g/mol. The molecule has 1 aliphatic rings. The molecule has 19 heavy (non-hydrogen) atoms. The van der Waals surface area contributed by atoms with Crippen LogP contribution in [-0.4, -0.2) is 32.8 Å². The van der Waals surface area contributed by atoms with Crippen LogP contribution < -0.4 is 5.32 Å². The third kappa shape index (κ3) is 3.33. The van der Waals surface area contributed by atoms with Crippen LogP contribution in [0.3, 0.4) is 0 Å². The van der Waals surface area contributed by atoms with E-state index in [2.05, 4.69) is 10.4 Å². The summed E-state index contributed by atoms with van der Waals surface area (Å²) in [5.41, 5.74) is 0.518. The van der Waals surface area contributed by atoms with Crippen molar-refractivity contribution in [2.75, 3.05) is 0 Å². The Kier molecular flexibility index (Phi) is 4.19. The number of carboxylic acid groups (broad SMARTS) is 1. The molecule has 2 N–H and O–H groups in total. The van der Waals surface area contributed by atoms with Crippen molar-refractivity contribution in [3.05, 3.63) is 18.0 Å². The number of hydrogen-bond donors (Lipinski definition) is 2. The molecule has 1 heterocycles. The lowest BCUT2D eigenvalue weighted by Crippen LogP contribution is -2.35. The lowest BCUT2D eigenvalue weighted by molar-refractivity contribution is -0.137. The number of aliphatic carboxylic acids is 1. The van der Waals surface area contributed by atoms with Crippen molar-refractivity contribution in [3.8, 4) is 0 Å². The van der Waals surface area contributed by atoms with Crippen LogP contribution in [0.5, 0.6) is 0 Å². The SMILES string of the molecule is CC(CC(=O)O)NC(=O)c1ccnn1C1CCCC1. The second-order valence-corrected chi connectivity index (χ2v) is 5.07. The summed E-state index contributed by atoms with van der Waals surface area (Å²) in [6.45, 7) is 1.68. The Balaban J connectivity index is 2.03. The first kappa shape index (κ1) is 13.6. The van der Waals surface area contributed by atoms with E-state index in [0.717, 1.165) is 12.8 Å². The van der Waals surface area contributed by atoms with E-state index in [4.69, 9.17) is 5.11 Å². The molecule has 1 aliphatic carbocycles. The van der Waals surface area contributed by atoms with E-state index < -0.39 is 12.0 Å². The number of aromatic nitrogens is 2. The number of nitrogens with one attached hydrogen (secondary N) is 1. The van der Waals surface area contributed by atoms with Gasteiger partial charge in [-0.05, 0) is 25.8 Å². The molecule has 1 aromatic heterocycles. The quantitative estimate of drug-likeness (QED) is 0.846. The lowest BCUT2D eigenvalue weighted by atomic mass is 10.2. The van der Waals surface area contributed by atoms with Crippen LogP contribution in [0.4, 0.5) is 0 Å². The van der Waals surface area contributed by atoms with Gasteiger partial charge in [-0.3, -0.25) is 14.3 Å². The summed E-state index contributed by atoms with van der Waals surface area (Å²) in [5.74, 6) is -1.17. The predicted molar refractivity (Wildman–Crippen MR) is 68.9 cm³/mol. The maximum absolute atomic E-state index is 12.1. The number of carbonyl (C=O) groups is 2. The molecular weight excluding hydrogens is 246 g/mol. The summed E-state index contributed by atoms with van der Waals surface area (Å²) in [6.07, 6.45) is 5.97. The van der Waals surface area contributed by atoms with Crippen molar-refractivity contribution in [1.29, 1.82) is 0 Å². The van der Waals surface area contributed by atoms with Crippen molar-refractivity contribution in [1.82, 2.24) is 15.1 Å². The highest BCUT2D eigenvalue weighted by Crippen LogP contribution is 2.29. The lowest BCUT2D eigenvalue weighted by Gasteiger charge is -2.16. The van der Waals surface area contributed by atoms with Gasteiger partial charge in [-0.25, -0.2) is 0 Å². The van der Waals surface area contributed by atoms with E-state index in [0.29, 0.717) is 11.7 Å². The summed E-state index contributed by atoms with van der Waals surface area (Å²) in [5, 5.41) is 15.6. The van der Waals surface area contributed by atoms with Crippen molar-refractivity contribution < 1.29 is 14.7 Å². The van der Waals surface area contributed by atoms with Crippen molar-refractivity contribution in [2.24, 2.45) is 0 Å². The van der Waals surface area contributed by atoms with Gasteiger partial charge >= 0.3 is 5.97 Å². The predicted octanol–water partition coefficient (Wildman–Crippen LogP) is 1.59. The van der Waals surface area contributed by atoms with Crippen LogP contribution in [0.2, 0.25) is 0 Å². The minimum atomic E-state index is -0.919. The third-order valence-corrected chi connectivity index (χ3v) is 3.43. The summed E-state index contributed by atoms with van der Waals surface area (Å²) >= 11 is 0. The number of hydrogen-bond acceptors (Lipinski definition) is 3. The Morgan fingerprint density at radius 2 is 2.21 bits per heavy atom. The van der Waals surface area contributed by atoms with Crippen LogP contribution >= 0.6 is 0 Å². The smallest absolute Gasteiger partial charge is 0.305 e. The highest BCUT2D eigenvalue weighted by Gasteiger charge is 2.23. The Bertz CT molecular complexity index is 463.